The number of carbonyl (C=O) groups excluding carboxylic acids is 1. The van der Waals surface area contributed by atoms with Crippen LogP contribution in [0.25, 0.3) is 0 Å². The predicted octanol–water partition coefficient (Wildman–Crippen LogP) is 2.15. The minimum Gasteiger partial charge on any atom is -0.506 e. The largest absolute Gasteiger partial charge is 0.506 e. The summed E-state index contributed by atoms with van der Waals surface area (Å²) < 4.78 is 1.36. The Morgan fingerprint density at radius 2 is 1.89 bits per heavy atom. The van der Waals surface area contributed by atoms with E-state index in [2.05, 4.69) is 0 Å². The van der Waals surface area contributed by atoms with Gasteiger partial charge in [0.05, 0.1) is 9.13 Å². The second kappa shape index (κ2) is 6.04. The molecule has 0 heterocycles. The molecule has 0 fully saturated rings. The van der Waals surface area contributed by atoms with E-state index in [9.17, 15) is 14.7 Å². The van der Waals surface area contributed by atoms with Crippen LogP contribution in [-0.2, 0) is 4.79 Å². The normalized spacial score (nSPS) is 12.0. The molecule has 0 aliphatic carbocycles. The fourth-order valence-corrected chi connectivity index (χ4v) is 3.11. The molecule has 1 aromatic rings. The highest BCUT2D eigenvalue weighted by molar-refractivity contribution is 14.1. The van der Waals surface area contributed by atoms with Crippen LogP contribution in [0, 0.1) is 7.14 Å². The summed E-state index contributed by atoms with van der Waals surface area (Å²) in [7, 11) is 1.40. The molecule has 1 unspecified atom stereocenters. The summed E-state index contributed by atoms with van der Waals surface area (Å²) in [6.07, 6.45) is 0. The molecule has 1 rings (SSSR count). The number of halogens is 2. The number of hydrogen-bond acceptors (Lipinski definition) is 3. The van der Waals surface area contributed by atoms with Crippen LogP contribution in [0.2, 0.25) is 0 Å². The summed E-state index contributed by atoms with van der Waals surface area (Å²) in [5.74, 6) is -1.73. The van der Waals surface area contributed by atoms with Crippen molar-refractivity contribution >= 4 is 57.1 Å². The van der Waals surface area contributed by atoms with E-state index < -0.39 is 17.9 Å². The SMILES string of the molecule is CC(C(=O)O)N(C)C(=O)c1cc(I)cc(I)c1O. The summed E-state index contributed by atoms with van der Waals surface area (Å²) in [5.41, 5.74) is 0.113. The van der Waals surface area contributed by atoms with Gasteiger partial charge in [-0.05, 0) is 64.2 Å². The van der Waals surface area contributed by atoms with Crippen molar-refractivity contribution in [1.29, 1.82) is 0 Å². The Morgan fingerprint density at radius 3 is 2.39 bits per heavy atom. The molecule has 0 saturated carbocycles. The van der Waals surface area contributed by atoms with E-state index in [0.717, 1.165) is 8.47 Å². The van der Waals surface area contributed by atoms with Crippen LogP contribution in [-0.4, -0.2) is 40.1 Å². The molecule has 98 valence electrons. The van der Waals surface area contributed by atoms with Crippen molar-refractivity contribution in [2.45, 2.75) is 13.0 Å². The Hall–Kier alpha value is -0.580. The Balaban J connectivity index is 3.15. The lowest BCUT2D eigenvalue weighted by molar-refractivity contribution is -0.141. The van der Waals surface area contributed by atoms with Crippen LogP contribution in [0.5, 0.6) is 5.75 Å². The molecule has 1 aromatic carbocycles. The van der Waals surface area contributed by atoms with Gasteiger partial charge in [0.15, 0.2) is 0 Å². The number of likely N-dealkylation sites (N-methyl/N-ethyl adjacent to an activating group) is 1. The lowest BCUT2D eigenvalue weighted by atomic mass is 10.1. The number of nitrogens with zero attached hydrogens (tertiary/aromatic N) is 1. The molecule has 18 heavy (non-hydrogen) atoms. The third-order valence-electron chi connectivity index (χ3n) is 2.52. The van der Waals surface area contributed by atoms with Crippen molar-refractivity contribution < 1.29 is 19.8 Å². The molecular formula is C11H11I2NO4. The summed E-state index contributed by atoms with van der Waals surface area (Å²) in [5, 5.41) is 18.7. The fourth-order valence-electron chi connectivity index (χ4n) is 1.26. The van der Waals surface area contributed by atoms with Crippen molar-refractivity contribution in [3.8, 4) is 5.75 Å². The van der Waals surface area contributed by atoms with E-state index in [-0.39, 0.29) is 11.3 Å². The van der Waals surface area contributed by atoms with E-state index in [1.165, 1.54) is 20.0 Å². The van der Waals surface area contributed by atoms with E-state index in [0.29, 0.717) is 3.57 Å². The highest BCUT2D eigenvalue weighted by Gasteiger charge is 2.25. The Labute approximate surface area is 131 Å². The third kappa shape index (κ3) is 3.25. The Kier molecular flexibility index (Phi) is 5.20. The molecule has 1 amide bonds. The quantitative estimate of drug-likeness (QED) is 0.658. The van der Waals surface area contributed by atoms with Gasteiger partial charge in [-0.3, -0.25) is 4.79 Å². The van der Waals surface area contributed by atoms with Crippen LogP contribution in [0.15, 0.2) is 12.1 Å². The van der Waals surface area contributed by atoms with Crippen molar-refractivity contribution in [1.82, 2.24) is 4.90 Å². The average molecular weight is 475 g/mol. The zero-order valence-corrected chi connectivity index (χ0v) is 14.0. The molecular weight excluding hydrogens is 464 g/mol. The molecule has 0 aliphatic rings. The van der Waals surface area contributed by atoms with Gasteiger partial charge in [-0.15, -0.1) is 0 Å². The van der Waals surface area contributed by atoms with Gasteiger partial charge < -0.3 is 15.1 Å². The summed E-state index contributed by atoms with van der Waals surface area (Å²) >= 11 is 3.95. The maximum Gasteiger partial charge on any atom is 0.326 e. The van der Waals surface area contributed by atoms with Crippen LogP contribution < -0.4 is 0 Å². The zero-order chi connectivity index (χ0) is 14.0. The van der Waals surface area contributed by atoms with Gasteiger partial charge in [0.25, 0.3) is 5.91 Å². The average Bonchev–Trinajstić information content (AvgIpc) is 2.30. The number of rotatable bonds is 3. The molecule has 0 aliphatic heterocycles. The van der Waals surface area contributed by atoms with Crippen molar-refractivity contribution in [2.24, 2.45) is 0 Å². The number of carboxylic acid groups (broad SMARTS) is 1. The molecule has 2 N–H and O–H groups in total. The van der Waals surface area contributed by atoms with Gasteiger partial charge in [0, 0.05) is 10.6 Å². The number of carboxylic acids is 1. The van der Waals surface area contributed by atoms with Crippen molar-refractivity contribution in [3.05, 3.63) is 24.8 Å². The minimum absolute atomic E-state index is 0.113. The molecule has 1 atom stereocenters. The van der Waals surface area contributed by atoms with E-state index >= 15 is 0 Å². The molecule has 7 heteroatoms. The zero-order valence-electron chi connectivity index (χ0n) is 9.65. The first kappa shape index (κ1) is 15.5. The van der Waals surface area contributed by atoms with E-state index in [1.54, 1.807) is 6.07 Å². The van der Waals surface area contributed by atoms with Crippen molar-refractivity contribution in [3.63, 3.8) is 0 Å². The highest BCUT2D eigenvalue weighted by atomic mass is 127. The maximum absolute atomic E-state index is 12.1. The second-order valence-electron chi connectivity index (χ2n) is 3.71. The summed E-state index contributed by atoms with van der Waals surface area (Å²) in [6, 6.07) is 2.31. The first-order valence-corrected chi connectivity index (χ1v) is 7.09. The number of aromatic hydroxyl groups is 1. The summed E-state index contributed by atoms with van der Waals surface area (Å²) in [6.45, 7) is 1.41. The van der Waals surface area contributed by atoms with Gasteiger partial charge in [-0.2, -0.15) is 0 Å². The van der Waals surface area contributed by atoms with Gasteiger partial charge in [-0.25, -0.2) is 4.79 Å². The highest BCUT2D eigenvalue weighted by Crippen LogP contribution is 2.28. The number of phenols is 1. The fraction of sp³-hybridized carbons (Fsp3) is 0.273. The molecule has 0 saturated heterocycles. The summed E-state index contributed by atoms with van der Waals surface area (Å²) in [4.78, 5) is 24.0. The number of phenolic OH excluding ortho intramolecular Hbond substituents is 1. The second-order valence-corrected chi connectivity index (χ2v) is 6.12. The molecule has 0 spiro atoms. The first-order valence-electron chi connectivity index (χ1n) is 4.93. The molecule has 0 radical (unpaired) electrons. The lowest BCUT2D eigenvalue weighted by Gasteiger charge is -2.22. The smallest absolute Gasteiger partial charge is 0.326 e. The third-order valence-corrected chi connectivity index (χ3v) is 3.96. The van der Waals surface area contributed by atoms with E-state index in [1.807, 2.05) is 45.2 Å². The van der Waals surface area contributed by atoms with Crippen LogP contribution in [0.1, 0.15) is 17.3 Å². The monoisotopic (exact) mass is 475 g/mol. The minimum atomic E-state index is -1.09. The number of benzene rings is 1. The lowest BCUT2D eigenvalue weighted by Crippen LogP contribution is -2.40. The Bertz CT molecular complexity index is 504. The molecule has 5 nitrogen and oxygen atoms in total. The number of hydrogen-bond donors (Lipinski definition) is 2. The Morgan fingerprint density at radius 1 is 1.33 bits per heavy atom. The molecule has 0 aromatic heterocycles. The number of carbonyl (C=O) groups is 2. The number of aliphatic carboxylic acids is 1. The van der Waals surface area contributed by atoms with Gasteiger partial charge in [0.1, 0.15) is 11.8 Å². The van der Waals surface area contributed by atoms with Gasteiger partial charge in [0.2, 0.25) is 0 Å². The van der Waals surface area contributed by atoms with Crippen LogP contribution >= 0.6 is 45.2 Å². The van der Waals surface area contributed by atoms with E-state index in [4.69, 9.17) is 5.11 Å². The van der Waals surface area contributed by atoms with Gasteiger partial charge >= 0.3 is 5.97 Å². The molecule has 0 bridgehead atoms. The number of amides is 1. The van der Waals surface area contributed by atoms with Crippen molar-refractivity contribution in [2.75, 3.05) is 7.05 Å². The predicted molar refractivity (Wildman–Crippen MR) is 82.7 cm³/mol. The van der Waals surface area contributed by atoms with Gasteiger partial charge in [-0.1, -0.05) is 0 Å². The first-order chi connectivity index (χ1) is 8.25. The standard InChI is InChI=1S/C11H11I2NO4/c1-5(11(17)18)14(2)10(16)7-3-6(12)4-8(13)9(7)15/h3-5,15H,1-2H3,(H,17,18). The van der Waals surface area contributed by atoms with Crippen LogP contribution in [0.3, 0.4) is 0 Å². The van der Waals surface area contributed by atoms with Crippen LogP contribution in [0.4, 0.5) is 0 Å². The topological polar surface area (TPSA) is 77.8 Å². The maximum atomic E-state index is 12.1.